The average molecular weight is 433 g/mol. The molecule has 7 nitrogen and oxygen atoms in total. The standard InChI is InChI=1S/C21H18F3N3O4/c22-21(23,24)31-14-7-8-17-13(12-14)4-3-10-26(17)18(28)9-11-27-20(30)16-6-2-1-5-15(16)19(29)25-27/h1-2,5-8,12H,3-4,9-11H2,(H,25,29). The zero-order valence-corrected chi connectivity index (χ0v) is 16.2. The van der Waals surface area contributed by atoms with Crippen LogP contribution in [0.4, 0.5) is 18.9 Å². The van der Waals surface area contributed by atoms with Crippen LogP contribution in [0.15, 0.2) is 52.1 Å². The lowest BCUT2D eigenvalue weighted by atomic mass is 10.0. The number of carbonyl (C=O) groups excluding carboxylic acids is 1. The summed E-state index contributed by atoms with van der Waals surface area (Å²) in [5.41, 5.74) is 0.266. The molecule has 10 heteroatoms. The van der Waals surface area contributed by atoms with Crippen molar-refractivity contribution in [2.45, 2.75) is 32.2 Å². The van der Waals surface area contributed by atoms with E-state index in [2.05, 4.69) is 9.84 Å². The first-order valence-electron chi connectivity index (χ1n) is 9.64. The summed E-state index contributed by atoms with van der Waals surface area (Å²) in [5.74, 6) is -0.632. The molecule has 1 aliphatic rings. The van der Waals surface area contributed by atoms with E-state index >= 15 is 0 Å². The SMILES string of the molecule is O=C(CCn1[nH]c(=O)c2ccccc2c1=O)N1CCCc2cc(OC(F)(F)F)ccc21. The molecule has 0 aliphatic carbocycles. The van der Waals surface area contributed by atoms with Gasteiger partial charge in [0.15, 0.2) is 0 Å². The van der Waals surface area contributed by atoms with Gasteiger partial charge in [0, 0.05) is 18.7 Å². The van der Waals surface area contributed by atoms with Gasteiger partial charge in [-0.15, -0.1) is 13.2 Å². The van der Waals surface area contributed by atoms with E-state index < -0.39 is 17.5 Å². The lowest BCUT2D eigenvalue weighted by molar-refractivity contribution is -0.274. The predicted molar refractivity (Wildman–Crippen MR) is 107 cm³/mol. The van der Waals surface area contributed by atoms with E-state index in [-0.39, 0.29) is 35.4 Å². The molecule has 1 aliphatic heterocycles. The third kappa shape index (κ3) is 4.32. The van der Waals surface area contributed by atoms with Crippen LogP contribution in [0.2, 0.25) is 0 Å². The highest BCUT2D eigenvalue weighted by Gasteiger charge is 2.32. The monoisotopic (exact) mass is 433 g/mol. The van der Waals surface area contributed by atoms with Gasteiger partial charge in [-0.3, -0.25) is 19.5 Å². The van der Waals surface area contributed by atoms with Gasteiger partial charge in [0.05, 0.1) is 17.3 Å². The molecule has 1 amide bonds. The number of aromatic nitrogens is 2. The minimum atomic E-state index is -4.79. The Morgan fingerprint density at radius 1 is 1.10 bits per heavy atom. The summed E-state index contributed by atoms with van der Waals surface area (Å²) < 4.78 is 42.4. The lowest BCUT2D eigenvalue weighted by Gasteiger charge is -2.30. The quantitative estimate of drug-likeness (QED) is 0.686. The number of fused-ring (bicyclic) bond motifs is 2. The number of H-pyrrole nitrogens is 1. The first-order chi connectivity index (χ1) is 14.7. The number of nitrogens with zero attached hydrogens (tertiary/aromatic N) is 2. The summed E-state index contributed by atoms with van der Waals surface area (Å²) in [6, 6.07) is 10.3. The van der Waals surface area contributed by atoms with Crippen molar-refractivity contribution in [3.8, 4) is 5.75 Å². The van der Waals surface area contributed by atoms with Crippen LogP contribution in [0.25, 0.3) is 10.8 Å². The van der Waals surface area contributed by atoms with Crippen LogP contribution in [0.1, 0.15) is 18.4 Å². The minimum Gasteiger partial charge on any atom is -0.406 e. The Labute approximate surface area is 173 Å². The molecule has 162 valence electrons. The Kier molecular flexibility index (Phi) is 5.30. The fraction of sp³-hybridized carbons (Fsp3) is 0.286. The second kappa shape index (κ2) is 7.93. The second-order valence-corrected chi connectivity index (χ2v) is 7.18. The molecule has 1 N–H and O–H groups in total. The normalized spacial score (nSPS) is 13.8. The Hall–Kier alpha value is -3.56. The number of halogens is 3. The number of amides is 1. The molecule has 0 radical (unpaired) electrons. The van der Waals surface area contributed by atoms with Gasteiger partial charge in [0.2, 0.25) is 5.91 Å². The third-order valence-corrected chi connectivity index (χ3v) is 5.14. The Morgan fingerprint density at radius 3 is 2.58 bits per heavy atom. The number of nitrogens with one attached hydrogen (secondary N) is 1. The minimum absolute atomic E-state index is 0.0289. The first kappa shape index (κ1) is 20.7. The number of rotatable bonds is 4. The van der Waals surface area contributed by atoms with Crippen molar-refractivity contribution in [3.05, 3.63) is 68.7 Å². The number of carbonyl (C=O) groups is 1. The molecular formula is C21H18F3N3O4. The fourth-order valence-corrected chi connectivity index (χ4v) is 3.78. The number of alkyl halides is 3. The van der Waals surface area contributed by atoms with E-state index in [1.54, 1.807) is 24.3 Å². The molecule has 2 aromatic carbocycles. The van der Waals surface area contributed by atoms with Crippen molar-refractivity contribution < 1.29 is 22.7 Å². The number of anilines is 1. The number of ether oxygens (including phenoxy) is 1. The maximum Gasteiger partial charge on any atom is 0.573 e. The van der Waals surface area contributed by atoms with Gasteiger partial charge >= 0.3 is 6.36 Å². The molecule has 0 saturated heterocycles. The van der Waals surface area contributed by atoms with Crippen LogP contribution in [-0.2, 0) is 17.8 Å². The maximum absolute atomic E-state index is 12.8. The summed E-state index contributed by atoms with van der Waals surface area (Å²) in [5, 5.41) is 3.02. The van der Waals surface area contributed by atoms with E-state index in [0.717, 1.165) is 4.68 Å². The van der Waals surface area contributed by atoms with Crippen molar-refractivity contribution in [1.29, 1.82) is 0 Å². The zero-order valence-electron chi connectivity index (χ0n) is 16.2. The van der Waals surface area contributed by atoms with E-state index in [9.17, 15) is 27.6 Å². The molecule has 4 rings (SSSR count). The second-order valence-electron chi connectivity index (χ2n) is 7.18. The van der Waals surface area contributed by atoms with Gasteiger partial charge in [-0.05, 0) is 48.7 Å². The molecule has 0 fully saturated rings. The highest BCUT2D eigenvalue weighted by molar-refractivity contribution is 5.94. The van der Waals surface area contributed by atoms with Crippen molar-refractivity contribution in [2.24, 2.45) is 0 Å². The van der Waals surface area contributed by atoms with Crippen LogP contribution in [0, 0.1) is 0 Å². The van der Waals surface area contributed by atoms with Gasteiger partial charge in [0.25, 0.3) is 11.1 Å². The van der Waals surface area contributed by atoms with Crippen molar-refractivity contribution in [2.75, 3.05) is 11.4 Å². The summed E-state index contributed by atoms with van der Waals surface area (Å²) >= 11 is 0. The largest absolute Gasteiger partial charge is 0.573 e. The molecule has 0 unspecified atom stereocenters. The van der Waals surface area contributed by atoms with Crippen molar-refractivity contribution in [3.63, 3.8) is 0 Å². The van der Waals surface area contributed by atoms with Gasteiger partial charge in [0.1, 0.15) is 5.75 Å². The topological polar surface area (TPSA) is 84.4 Å². The van der Waals surface area contributed by atoms with Crippen LogP contribution >= 0.6 is 0 Å². The lowest BCUT2D eigenvalue weighted by Crippen LogP contribution is -2.37. The maximum atomic E-state index is 12.8. The van der Waals surface area contributed by atoms with Gasteiger partial charge in [-0.2, -0.15) is 0 Å². The number of hydrogen-bond donors (Lipinski definition) is 1. The number of hydrogen-bond acceptors (Lipinski definition) is 4. The third-order valence-electron chi connectivity index (χ3n) is 5.14. The van der Waals surface area contributed by atoms with E-state index in [4.69, 9.17) is 0 Å². The van der Waals surface area contributed by atoms with Crippen molar-refractivity contribution in [1.82, 2.24) is 9.78 Å². The predicted octanol–water partition coefficient (Wildman–Crippen LogP) is 2.96. The van der Waals surface area contributed by atoms with Crippen LogP contribution in [0.3, 0.4) is 0 Å². The van der Waals surface area contributed by atoms with Gasteiger partial charge in [-0.25, -0.2) is 4.68 Å². The highest BCUT2D eigenvalue weighted by Crippen LogP contribution is 2.33. The van der Waals surface area contributed by atoms with E-state index in [0.29, 0.717) is 30.6 Å². The Morgan fingerprint density at radius 2 is 1.84 bits per heavy atom. The van der Waals surface area contributed by atoms with Crippen LogP contribution in [0.5, 0.6) is 5.75 Å². The Bertz CT molecular complexity index is 1260. The highest BCUT2D eigenvalue weighted by atomic mass is 19.4. The van der Waals surface area contributed by atoms with Gasteiger partial charge in [-0.1, -0.05) is 12.1 Å². The molecule has 0 spiro atoms. The zero-order chi connectivity index (χ0) is 22.2. The number of aromatic amines is 1. The molecule has 1 aromatic heterocycles. The van der Waals surface area contributed by atoms with Gasteiger partial charge < -0.3 is 9.64 Å². The Balaban J connectivity index is 1.53. The summed E-state index contributed by atoms with van der Waals surface area (Å²) in [7, 11) is 0. The number of benzene rings is 2. The molecule has 0 bridgehead atoms. The summed E-state index contributed by atoms with van der Waals surface area (Å²) in [6.07, 6.45) is -3.75. The van der Waals surface area contributed by atoms with Crippen LogP contribution in [-0.4, -0.2) is 28.6 Å². The molecule has 3 aromatic rings. The van der Waals surface area contributed by atoms with Crippen molar-refractivity contribution >= 4 is 22.4 Å². The number of aryl methyl sites for hydroxylation is 2. The fourth-order valence-electron chi connectivity index (χ4n) is 3.78. The smallest absolute Gasteiger partial charge is 0.406 e. The molecule has 0 saturated carbocycles. The molecule has 2 heterocycles. The van der Waals surface area contributed by atoms with E-state index in [1.807, 2.05) is 0 Å². The molecule has 31 heavy (non-hydrogen) atoms. The average Bonchev–Trinajstić information content (AvgIpc) is 2.73. The van der Waals surface area contributed by atoms with Crippen LogP contribution < -0.4 is 20.8 Å². The summed E-state index contributed by atoms with van der Waals surface area (Å²) in [4.78, 5) is 39.1. The van der Waals surface area contributed by atoms with E-state index in [1.165, 1.54) is 23.1 Å². The first-order valence-corrected chi connectivity index (χ1v) is 9.64. The summed E-state index contributed by atoms with van der Waals surface area (Å²) in [6.45, 7) is 0.382. The molecular weight excluding hydrogens is 415 g/mol. The molecule has 0 atom stereocenters.